The number of hydrogen-bond donors (Lipinski definition) is 1. The van der Waals surface area contributed by atoms with Gasteiger partial charge in [-0.1, -0.05) is 20.8 Å². The van der Waals surface area contributed by atoms with E-state index in [1.165, 1.54) is 13.8 Å². The molecule has 1 amide bonds. The van der Waals surface area contributed by atoms with Gasteiger partial charge in [-0.25, -0.2) is 18.0 Å². The zero-order chi connectivity index (χ0) is 41.7. The van der Waals surface area contributed by atoms with Crippen LogP contribution in [0.2, 0.25) is 0 Å². The number of hydrogen-bond acceptors (Lipinski definition) is 10. The average molecular weight is 802 g/mol. The quantitative estimate of drug-likeness (QED) is 0.0667. The molecule has 0 bridgehead atoms. The summed E-state index contributed by atoms with van der Waals surface area (Å²) in [6.07, 6.45) is 0.926. The van der Waals surface area contributed by atoms with Crippen molar-refractivity contribution in [2.45, 2.75) is 131 Å². The summed E-state index contributed by atoms with van der Waals surface area (Å²) in [5.74, 6) is -17.2. The van der Waals surface area contributed by atoms with Gasteiger partial charge in [0.15, 0.2) is 0 Å². The number of alkyl carbamates (subject to hydrolysis) is 1. The lowest BCUT2D eigenvalue weighted by atomic mass is 9.43. The molecule has 0 spiro atoms. The van der Waals surface area contributed by atoms with Crippen LogP contribution in [-0.4, -0.2) is 60.4 Å². The number of amides is 1. The number of carbonyl (C=O) groups is 5. The van der Waals surface area contributed by atoms with Gasteiger partial charge in [0.05, 0.1) is 0 Å². The molecule has 4 aliphatic carbocycles. The summed E-state index contributed by atoms with van der Waals surface area (Å²) in [6, 6.07) is 0. The third-order valence-corrected chi connectivity index (χ3v) is 13.0. The lowest BCUT2D eigenvalue weighted by molar-refractivity contribution is -0.224. The van der Waals surface area contributed by atoms with E-state index in [-0.39, 0.29) is 41.5 Å². The van der Waals surface area contributed by atoms with Crippen molar-refractivity contribution >= 4 is 30.0 Å². The van der Waals surface area contributed by atoms with Crippen molar-refractivity contribution < 1.29 is 69.6 Å². The van der Waals surface area contributed by atoms with Crippen molar-refractivity contribution in [1.29, 1.82) is 0 Å². The second kappa shape index (κ2) is 16.1. The number of nitrogens with one attached hydrogen (secondary N) is 1. The molecular formula is C40H52F5NO10. The Morgan fingerprint density at radius 1 is 0.786 bits per heavy atom. The Hall–Kier alpha value is -3.98. The Kier molecular flexibility index (Phi) is 12.4. The highest BCUT2D eigenvalue weighted by atomic mass is 19.2. The molecule has 312 valence electrons. The molecule has 4 fully saturated rings. The molecule has 11 nitrogen and oxygen atoms in total. The Balaban J connectivity index is 1.36. The molecule has 0 saturated heterocycles. The topological polar surface area (TPSA) is 144 Å². The van der Waals surface area contributed by atoms with Gasteiger partial charge in [0, 0.05) is 31.6 Å². The van der Waals surface area contributed by atoms with Crippen molar-refractivity contribution in [2.75, 3.05) is 6.54 Å². The SMILES string of the molecule is CC(=O)O[C@H]1C[C@H]2[C@@H]([C@H](OC(C)=O)C[C@@H]3C[C@H](OC(=O)CNC(=O)OC(C)(C)C)CC[C@@]32C)[C@@H]2CC[C@H]([C@H](C)CC(=O)Oc3c(F)c(F)c(F)c(F)c3F)[C@@]12C. The molecule has 11 atom stereocenters. The maximum atomic E-state index is 14.3. The first kappa shape index (κ1) is 43.1. The zero-order valence-electron chi connectivity index (χ0n) is 33.0. The van der Waals surface area contributed by atoms with Gasteiger partial charge < -0.3 is 29.0 Å². The van der Waals surface area contributed by atoms with Crippen LogP contribution in [0, 0.1) is 75.4 Å². The minimum Gasteiger partial charge on any atom is -0.462 e. The molecular weight excluding hydrogens is 749 g/mol. The molecule has 0 aliphatic heterocycles. The molecule has 0 aromatic heterocycles. The van der Waals surface area contributed by atoms with Gasteiger partial charge in [0.2, 0.25) is 34.8 Å². The molecule has 5 rings (SSSR count). The van der Waals surface area contributed by atoms with Crippen molar-refractivity contribution in [3.63, 3.8) is 0 Å². The first-order valence-corrected chi connectivity index (χ1v) is 19.2. The van der Waals surface area contributed by atoms with Gasteiger partial charge in [-0.05, 0) is 101 Å². The van der Waals surface area contributed by atoms with Gasteiger partial charge in [-0.3, -0.25) is 19.2 Å². The Labute approximate surface area is 323 Å². The van der Waals surface area contributed by atoms with Crippen molar-refractivity contribution in [1.82, 2.24) is 5.32 Å². The molecule has 4 aliphatic rings. The molecule has 1 aromatic carbocycles. The second-order valence-corrected chi connectivity index (χ2v) is 17.6. The Morgan fingerprint density at radius 2 is 1.39 bits per heavy atom. The molecule has 4 saturated carbocycles. The van der Waals surface area contributed by atoms with E-state index in [0.29, 0.717) is 44.9 Å². The van der Waals surface area contributed by atoms with Crippen LogP contribution >= 0.6 is 0 Å². The number of carbonyl (C=O) groups excluding carboxylic acids is 5. The summed E-state index contributed by atoms with van der Waals surface area (Å²) in [6.45, 7) is 13.3. The summed E-state index contributed by atoms with van der Waals surface area (Å²) >= 11 is 0. The minimum absolute atomic E-state index is 0.0476. The summed E-state index contributed by atoms with van der Waals surface area (Å²) in [5, 5.41) is 2.42. The highest BCUT2D eigenvalue weighted by molar-refractivity contribution is 5.78. The van der Waals surface area contributed by atoms with E-state index in [4.69, 9.17) is 23.7 Å². The minimum atomic E-state index is -2.37. The largest absolute Gasteiger partial charge is 0.462 e. The Morgan fingerprint density at radius 3 is 1.98 bits per heavy atom. The maximum Gasteiger partial charge on any atom is 0.408 e. The van der Waals surface area contributed by atoms with E-state index in [9.17, 15) is 45.9 Å². The number of ether oxygens (including phenoxy) is 5. The van der Waals surface area contributed by atoms with Crippen LogP contribution in [0.15, 0.2) is 0 Å². The maximum absolute atomic E-state index is 14.3. The normalized spacial score (nSPS) is 32.8. The van der Waals surface area contributed by atoms with Gasteiger partial charge >= 0.3 is 30.0 Å². The number of halogens is 5. The fourth-order valence-corrected chi connectivity index (χ4v) is 10.8. The predicted octanol–water partition coefficient (Wildman–Crippen LogP) is 7.49. The van der Waals surface area contributed by atoms with Crippen molar-refractivity contribution in [2.24, 2.45) is 46.3 Å². The molecule has 0 unspecified atom stereocenters. The number of esters is 4. The van der Waals surface area contributed by atoms with Crippen LogP contribution in [0.3, 0.4) is 0 Å². The van der Waals surface area contributed by atoms with E-state index in [1.54, 1.807) is 27.7 Å². The summed E-state index contributed by atoms with van der Waals surface area (Å²) in [5.41, 5.74) is -1.84. The highest BCUT2D eigenvalue weighted by Gasteiger charge is 2.67. The first-order valence-electron chi connectivity index (χ1n) is 19.2. The van der Waals surface area contributed by atoms with Crippen LogP contribution in [0.1, 0.15) is 107 Å². The molecule has 16 heteroatoms. The van der Waals surface area contributed by atoms with E-state index >= 15 is 0 Å². The van der Waals surface area contributed by atoms with Crippen LogP contribution in [0.5, 0.6) is 5.75 Å². The Bertz CT molecular complexity index is 1710. The molecule has 1 aromatic rings. The van der Waals surface area contributed by atoms with E-state index in [2.05, 4.69) is 12.2 Å². The molecule has 0 heterocycles. The fraction of sp³-hybridized carbons (Fsp3) is 0.725. The zero-order valence-corrected chi connectivity index (χ0v) is 33.0. The first-order chi connectivity index (χ1) is 26.0. The van der Waals surface area contributed by atoms with Gasteiger partial charge in [-0.2, -0.15) is 8.78 Å². The van der Waals surface area contributed by atoms with E-state index < -0.39 is 106 Å². The van der Waals surface area contributed by atoms with Crippen LogP contribution in [-0.2, 0) is 38.1 Å². The lowest BCUT2D eigenvalue weighted by Gasteiger charge is -2.64. The molecule has 1 N–H and O–H groups in total. The summed E-state index contributed by atoms with van der Waals surface area (Å²) < 4.78 is 97.8. The standard InChI is InChI=1S/C40H52F5NO10/c1-18(13-28(49)55-36-34(44)32(42)31(41)33(43)35(36)45)23-9-10-24-30-25(16-27(40(23,24)8)53-20(3)48)39(7)12-11-22(14-21(39)15-26(30)52-19(2)47)54-29(50)17-46-37(51)56-38(4,5)6/h18,21-27,30H,9-17H2,1-8H3,(H,46,51)/t18-,21+,22-,23-,24+,25+,26-,27+,30+,39+,40-/m1/s1. The van der Waals surface area contributed by atoms with Gasteiger partial charge in [0.25, 0.3) is 0 Å². The van der Waals surface area contributed by atoms with Crippen molar-refractivity contribution in [3.8, 4) is 5.75 Å². The molecule has 0 radical (unpaired) electrons. The van der Waals surface area contributed by atoms with Crippen LogP contribution in [0.4, 0.5) is 26.7 Å². The third-order valence-electron chi connectivity index (χ3n) is 13.0. The van der Waals surface area contributed by atoms with E-state index in [1.807, 2.05) is 6.92 Å². The van der Waals surface area contributed by atoms with Gasteiger partial charge in [0.1, 0.15) is 30.5 Å². The summed E-state index contributed by atoms with van der Waals surface area (Å²) in [4.78, 5) is 63.1. The second-order valence-electron chi connectivity index (χ2n) is 17.6. The lowest BCUT2D eigenvalue weighted by Crippen LogP contribution is -2.63. The monoisotopic (exact) mass is 801 g/mol. The predicted molar refractivity (Wildman–Crippen MR) is 187 cm³/mol. The van der Waals surface area contributed by atoms with Crippen LogP contribution < -0.4 is 10.1 Å². The van der Waals surface area contributed by atoms with E-state index in [0.717, 1.165) is 0 Å². The highest BCUT2D eigenvalue weighted by Crippen LogP contribution is 2.69. The third kappa shape index (κ3) is 8.48. The summed E-state index contributed by atoms with van der Waals surface area (Å²) in [7, 11) is 0. The number of rotatable bonds is 9. The van der Waals surface area contributed by atoms with Crippen LogP contribution in [0.25, 0.3) is 0 Å². The van der Waals surface area contributed by atoms with Crippen molar-refractivity contribution in [3.05, 3.63) is 29.1 Å². The number of benzene rings is 1. The fourth-order valence-electron chi connectivity index (χ4n) is 10.8. The van der Waals surface area contributed by atoms with Gasteiger partial charge in [-0.15, -0.1) is 0 Å². The molecule has 56 heavy (non-hydrogen) atoms. The number of fused-ring (bicyclic) bond motifs is 5. The smallest absolute Gasteiger partial charge is 0.408 e. The average Bonchev–Trinajstić information content (AvgIpc) is 3.45.